The highest BCUT2D eigenvalue weighted by atomic mass is 35.5. The molecule has 6 rings (SSSR count). The van der Waals surface area contributed by atoms with E-state index in [-0.39, 0.29) is 12.4 Å². The van der Waals surface area contributed by atoms with Crippen molar-refractivity contribution in [2.45, 2.75) is 19.4 Å². The molecule has 2 aliphatic heterocycles. The first-order valence-corrected chi connectivity index (χ1v) is 10.9. The van der Waals surface area contributed by atoms with Gasteiger partial charge in [0.15, 0.2) is 24.2 Å². The summed E-state index contributed by atoms with van der Waals surface area (Å²) in [5, 5.41) is 5.92. The van der Waals surface area contributed by atoms with Crippen molar-refractivity contribution in [3.05, 3.63) is 72.2 Å². The van der Waals surface area contributed by atoms with E-state index in [4.69, 9.17) is 14.2 Å². The lowest BCUT2D eigenvalue weighted by Crippen LogP contribution is -3.00. The van der Waals surface area contributed by atoms with Crippen LogP contribution in [0.3, 0.4) is 0 Å². The molecule has 7 heteroatoms. The number of methoxy groups -OCH3 is 1. The van der Waals surface area contributed by atoms with E-state index < -0.39 is 0 Å². The Morgan fingerprint density at radius 3 is 2.79 bits per heavy atom. The lowest BCUT2D eigenvalue weighted by atomic mass is 9.95. The minimum absolute atomic E-state index is 0. The normalized spacial score (nSPS) is 13.1. The molecule has 0 amide bonds. The van der Waals surface area contributed by atoms with E-state index in [0.717, 1.165) is 59.9 Å². The summed E-state index contributed by atoms with van der Waals surface area (Å²) in [6.07, 6.45) is 5.88. The van der Waals surface area contributed by atoms with Gasteiger partial charge in [0, 0.05) is 37.3 Å². The van der Waals surface area contributed by atoms with E-state index in [1.165, 1.54) is 22.2 Å². The molecule has 0 fully saturated rings. The first-order chi connectivity index (χ1) is 15.8. The van der Waals surface area contributed by atoms with Crippen LogP contribution in [0.2, 0.25) is 0 Å². The Morgan fingerprint density at radius 1 is 1.09 bits per heavy atom. The van der Waals surface area contributed by atoms with Crippen molar-refractivity contribution in [3.63, 3.8) is 0 Å². The number of nitrogens with one attached hydrogen (secondary N) is 1. The molecule has 6 nitrogen and oxygen atoms in total. The van der Waals surface area contributed by atoms with Gasteiger partial charge in [-0.3, -0.25) is 4.98 Å². The zero-order valence-corrected chi connectivity index (χ0v) is 19.1. The van der Waals surface area contributed by atoms with Crippen molar-refractivity contribution in [1.29, 1.82) is 0 Å². The Kier molecular flexibility index (Phi) is 5.68. The maximum Gasteiger partial charge on any atom is 0.231 e. The second kappa shape index (κ2) is 8.79. The van der Waals surface area contributed by atoms with Crippen LogP contribution in [0.5, 0.6) is 17.2 Å². The van der Waals surface area contributed by atoms with Crippen LogP contribution in [-0.4, -0.2) is 25.4 Å². The number of halogens is 1. The van der Waals surface area contributed by atoms with Crippen molar-refractivity contribution in [1.82, 2.24) is 4.98 Å². The average molecular weight is 462 g/mol. The molecule has 2 aromatic carbocycles. The van der Waals surface area contributed by atoms with Gasteiger partial charge in [0.05, 0.1) is 23.7 Å². The standard InChI is InChI=1S/C26H23N3O3.ClH/c1-30-23-6-5-17-12-22-20-14-25-24(31-16-32-25)13-18(20)8-11-29(22)15-21(17)26(23)28-10-7-19-4-2-3-9-27-19;/h2-6,9,12-15H,7-8,10-11,16H2,1H3;1H. The highest BCUT2D eigenvalue weighted by molar-refractivity contribution is 5.97. The SMILES string of the molecule is COc1ccc2cc3[n+](cc2c1NCCc1ccccn1)CCc1cc2c(cc1-3)OCO2.[Cl-]. The number of nitrogens with zero attached hydrogens (tertiary/aromatic N) is 2. The molecule has 33 heavy (non-hydrogen) atoms. The van der Waals surface area contributed by atoms with Gasteiger partial charge in [-0.25, -0.2) is 0 Å². The fraction of sp³-hybridized carbons (Fsp3) is 0.231. The van der Waals surface area contributed by atoms with Crippen molar-refractivity contribution in [2.24, 2.45) is 0 Å². The summed E-state index contributed by atoms with van der Waals surface area (Å²) < 4.78 is 19.2. The largest absolute Gasteiger partial charge is 1.00 e. The molecule has 0 radical (unpaired) electrons. The fourth-order valence-electron chi connectivity index (χ4n) is 4.64. The zero-order chi connectivity index (χ0) is 21.5. The Morgan fingerprint density at radius 2 is 1.97 bits per heavy atom. The van der Waals surface area contributed by atoms with Gasteiger partial charge >= 0.3 is 0 Å². The number of rotatable bonds is 5. The molecule has 0 saturated heterocycles. The Labute approximate surface area is 198 Å². The number of benzene rings is 2. The van der Waals surface area contributed by atoms with Crippen LogP contribution in [-0.2, 0) is 19.4 Å². The first kappa shape index (κ1) is 21.3. The molecule has 4 heterocycles. The third kappa shape index (κ3) is 3.80. The smallest absolute Gasteiger partial charge is 0.231 e. The molecule has 0 bridgehead atoms. The number of aryl methyl sites for hydroxylation is 2. The van der Waals surface area contributed by atoms with Gasteiger partial charge in [-0.05, 0) is 41.3 Å². The lowest BCUT2D eigenvalue weighted by Gasteiger charge is -2.18. The topological polar surface area (TPSA) is 56.5 Å². The summed E-state index contributed by atoms with van der Waals surface area (Å²) in [4.78, 5) is 4.42. The fourth-order valence-corrected chi connectivity index (χ4v) is 4.64. The summed E-state index contributed by atoms with van der Waals surface area (Å²) in [5.41, 5.74) is 5.80. The quantitative estimate of drug-likeness (QED) is 0.452. The molecule has 1 N–H and O–H groups in total. The van der Waals surface area contributed by atoms with Gasteiger partial charge in [-0.2, -0.15) is 4.57 Å². The van der Waals surface area contributed by atoms with Crippen LogP contribution in [0, 0.1) is 0 Å². The maximum absolute atomic E-state index is 5.69. The monoisotopic (exact) mass is 461 g/mol. The van der Waals surface area contributed by atoms with Gasteiger partial charge in [0.1, 0.15) is 5.75 Å². The molecule has 168 valence electrons. The van der Waals surface area contributed by atoms with E-state index >= 15 is 0 Å². The highest BCUT2D eigenvalue weighted by Gasteiger charge is 2.28. The molecule has 0 atom stereocenters. The Hall–Kier alpha value is -3.51. The molecule has 0 saturated carbocycles. The number of aromatic nitrogens is 2. The van der Waals surface area contributed by atoms with E-state index in [9.17, 15) is 0 Å². The predicted octanol–water partition coefficient (Wildman–Crippen LogP) is 1.14. The summed E-state index contributed by atoms with van der Waals surface area (Å²) in [5.74, 6) is 2.52. The van der Waals surface area contributed by atoms with Crippen LogP contribution in [0.4, 0.5) is 5.69 Å². The first-order valence-electron chi connectivity index (χ1n) is 10.9. The van der Waals surface area contributed by atoms with Crippen LogP contribution < -0.4 is 36.5 Å². The molecular weight excluding hydrogens is 438 g/mol. The van der Waals surface area contributed by atoms with E-state index in [0.29, 0.717) is 6.79 Å². The second-order valence-corrected chi connectivity index (χ2v) is 8.11. The molecule has 2 aliphatic rings. The average Bonchev–Trinajstić information content (AvgIpc) is 3.30. The zero-order valence-electron chi connectivity index (χ0n) is 18.3. The summed E-state index contributed by atoms with van der Waals surface area (Å²) >= 11 is 0. The molecule has 0 unspecified atom stereocenters. The number of pyridine rings is 2. The Balaban J connectivity index is 0.00000228. The van der Waals surface area contributed by atoms with Crippen LogP contribution in [0.1, 0.15) is 11.3 Å². The third-order valence-electron chi connectivity index (χ3n) is 6.25. The van der Waals surface area contributed by atoms with Crippen molar-refractivity contribution >= 4 is 16.5 Å². The Bertz CT molecular complexity index is 1330. The van der Waals surface area contributed by atoms with E-state index in [2.05, 4.69) is 51.4 Å². The van der Waals surface area contributed by atoms with Crippen LogP contribution >= 0.6 is 0 Å². The van der Waals surface area contributed by atoms with Crippen molar-refractivity contribution in [2.75, 3.05) is 25.8 Å². The molecule has 0 spiro atoms. The van der Waals surface area contributed by atoms with Gasteiger partial charge in [0.25, 0.3) is 0 Å². The number of hydrogen-bond acceptors (Lipinski definition) is 5. The molecule has 0 aliphatic carbocycles. The molecule has 4 aromatic rings. The molecule has 2 aromatic heterocycles. The summed E-state index contributed by atoms with van der Waals surface area (Å²) in [7, 11) is 1.72. The van der Waals surface area contributed by atoms with Gasteiger partial charge in [-0.15, -0.1) is 0 Å². The number of ether oxygens (including phenoxy) is 3. The molecular formula is C26H24ClN3O3. The van der Waals surface area contributed by atoms with Gasteiger partial charge in [-0.1, -0.05) is 12.1 Å². The number of anilines is 1. The highest BCUT2D eigenvalue weighted by Crippen LogP contribution is 2.41. The van der Waals surface area contributed by atoms with Crippen LogP contribution in [0.15, 0.2) is 60.9 Å². The minimum Gasteiger partial charge on any atom is -1.00 e. The van der Waals surface area contributed by atoms with Crippen molar-refractivity contribution in [3.8, 4) is 28.5 Å². The summed E-state index contributed by atoms with van der Waals surface area (Å²) in [6.45, 7) is 1.99. The summed E-state index contributed by atoms with van der Waals surface area (Å²) in [6, 6.07) is 16.7. The second-order valence-electron chi connectivity index (χ2n) is 8.11. The van der Waals surface area contributed by atoms with Gasteiger partial charge in [0.2, 0.25) is 12.5 Å². The number of fused-ring (bicyclic) bond motifs is 5. The van der Waals surface area contributed by atoms with Crippen molar-refractivity contribution < 1.29 is 31.2 Å². The lowest BCUT2D eigenvalue weighted by molar-refractivity contribution is -0.686. The van der Waals surface area contributed by atoms with E-state index in [1.54, 1.807) is 7.11 Å². The van der Waals surface area contributed by atoms with Gasteiger partial charge < -0.3 is 31.9 Å². The van der Waals surface area contributed by atoms with E-state index in [1.807, 2.05) is 24.4 Å². The maximum atomic E-state index is 5.69. The third-order valence-corrected chi connectivity index (χ3v) is 6.25. The predicted molar refractivity (Wildman–Crippen MR) is 122 cm³/mol. The number of hydrogen-bond donors (Lipinski definition) is 1. The minimum atomic E-state index is 0. The van der Waals surface area contributed by atoms with Crippen LogP contribution in [0.25, 0.3) is 22.0 Å².